The number of rotatable bonds is 7. The van der Waals surface area contributed by atoms with Crippen LogP contribution in [0.15, 0.2) is 61.1 Å². The van der Waals surface area contributed by atoms with Crippen LogP contribution < -0.4 is 15.2 Å². The third kappa shape index (κ3) is 4.53. The minimum atomic E-state index is -0.555. The lowest BCUT2D eigenvalue weighted by Crippen LogP contribution is -2.07. The molecule has 0 radical (unpaired) electrons. The molecule has 0 saturated heterocycles. The van der Waals surface area contributed by atoms with Crippen LogP contribution in [-0.4, -0.2) is 24.3 Å². The van der Waals surface area contributed by atoms with E-state index in [0.29, 0.717) is 22.5 Å². The second kappa shape index (κ2) is 9.77. The van der Waals surface area contributed by atoms with Crippen LogP contribution in [0.5, 0.6) is 17.2 Å². The van der Waals surface area contributed by atoms with E-state index in [1.165, 1.54) is 24.5 Å². The summed E-state index contributed by atoms with van der Waals surface area (Å²) in [6.45, 7) is 0.268. The summed E-state index contributed by atoms with van der Waals surface area (Å²) in [4.78, 5) is 8.51. The Morgan fingerprint density at radius 3 is 2.58 bits per heavy atom. The molecule has 1 fully saturated rings. The molecule has 0 aliphatic heterocycles. The predicted octanol–water partition coefficient (Wildman–Crippen LogP) is 6.18. The Kier molecular flexibility index (Phi) is 6.15. The lowest BCUT2D eigenvalue weighted by atomic mass is 10.1. The van der Waals surface area contributed by atoms with Gasteiger partial charge in [0.15, 0.2) is 5.65 Å². The minimum absolute atomic E-state index is 0.188. The summed E-state index contributed by atoms with van der Waals surface area (Å²) in [5.74, 6) is -0.142. The molecule has 0 amide bonds. The standard InChI is InChI=1S/C28H26F2N6O2/c1-35-10-4-7-19(35)15-37-21-11-17(29)12-22(13-21)38-20-8-9-23(24(30)14-20)26-25-27(31)32-16-33-28(25)36(34-26)18-5-2-3-6-18/h4,7-14,16,18H,2-3,5-6,15H2,1H3,(H2,31,32,33). The van der Waals surface area contributed by atoms with Gasteiger partial charge in [-0.1, -0.05) is 12.8 Å². The number of aromatic nitrogens is 5. The Bertz CT molecular complexity index is 1620. The molecule has 0 spiro atoms. The molecule has 8 nitrogen and oxygen atoms in total. The van der Waals surface area contributed by atoms with Crippen molar-refractivity contribution < 1.29 is 18.3 Å². The second-order valence-corrected chi connectivity index (χ2v) is 9.45. The highest BCUT2D eigenvalue weighted by Crippen LogP contribution is 2.38. The zero-order valence-electron chi connectivity index (χ0n) is 20.8. The van der Waals surface area contributed by atoms with Crippen LogP contribution in [-0.2, 0) is 13.7 Å². The van der Waals surface area contributed by atoms with E-state index < -0.39 is 11.6 Å². The molecule has 2 N–H and O–H groups in total. The summed E-state index contributed by atoms with van der Waals surface area (Å²) in [6, 6.07) is 12.5. The van der Waals surface area contributed by atoms with Crippen LogP contribution in [0.2, 0.25) is 0 Å². The lowest BCUT2D eigenvalue weighted by Gasteiger charge is -2.11. The van der Waals surface area contributed by atoms with Crippen LogP contribution in [0.4, 0.5) is 14.6 Å². The van der Waals surface area contributed by atoms with Gasteiger partial charge in [-0.05, 0) is 37.1 Å². The normalized spacial score (nSPS) is 13.9. The average molecular weight is 517 g/mol. The number of benzene rings is 2. The molecular weight excluding hydrogens is 490 g/mol. The highest BCUT2D eigenvalue weighted by Gasteiger charge is 2.25. The van der Waals surface area contributed by atoms with Gasteiger partial charge in [0.2, 0.25) is 0 Å². The molecule has 10 heteroatoms. The van der Waals surface area contributed by atoms with Gasteiger partial charge in [-0.3, -0.25) is 0 Å². The van der Waals surface area contributed by atoms with Crippen LogP contribution in [0, 0.1) is 11.6 Å². The molecule has 1 aliphatic rings. The van der Waals surface area contributed by atoms with Gasteiger partial charge in [0.1, 0.15) is 53.3 Å². The van der Waals surface area contributed by atoms with Crippen LogP contribution in [0.3, 0.4) is 0 Å². The Morgan fingerprint density at radius 2 is 1.82 bits per heavy atom. The summed E-state index contributed by atoms with van der Waals surface area (Å²) in [7, 11) is 1.90. The number of aryl methyl sites for hydroxylation is 1. The maximum absolute atomic E-state index is 15.4. The van der Waals surface area contributed by atoms with Gasteiger partial charge in [-0.25, -0.2) is 23.4 Å². The van der Waals surface area contributed by atoms with Gasteiger partial charge in [-0.15, -0.1) is 0 Å². The summed E-state index contributed by atoms with van der Waals surface area (Å²) >= 11 is 0. The van der Waals surface area contributed by atoms with Gasteiger partial charge in [0.25, 0.3) is 0 Å². The first-order valence-corrected chi connectivity index (χ1v) is 12.5. The van der Waals surface area contributed by atoms with E-state index in [4.69, 9.17) is 20.3 Å². The molecule has 5 aromatic rings. The second-order valence-electron chi connectivity index (χ2n) is 9.45. The van der Waals surface area contributed by atoms with E-state index in [0.717, 1.165) is 31.4 Å². The van der Waals surface area contributed by atoms with E-state index in [1.54, 1.807) is 18.2 Å². The SMILES string of the molecule is Cn1cccc1COc1cc(F)cc(Oc2ccc(-c3nn(C4CCCC4)c4ncnc(N)c34)c(F)c2)c1. The van der Waals surface area contributed by atoms with Crippen molar-refractivity contribution in [1.82, 2.24) is 24.3 Å². The van der Waals surface area contributed by atoms with Crippen molar-refractivity contribution in [3.8, 4) is 28.5 Å². The molecule has 38 heavy (non-hydrogen) atoms. The Morgan fingerprint density at radius 1 is 1.00 bits per heavy atom. The number of hydrogen-bond acceptors (Lipinski definition) is 6. The maximum Gasteiger partial charge on any atom is 0.164 e. The molecule has 194 valence electrons. The number of nitrogens with two attached hydrogens (primary N) is 1. The smallest absolute Gasteiger partial charge is 0.164 e. The topological polar surface area (TPSA) is 93.0 Å². The fraction of sp³-hybridized carbons (Fsp3) is 0.250. The zero-order valence-corrected chi connectivity index (χ0v) is 20.8. The Labute approximate surface area is 217 Å². The minimum Gasteiger partial charge on any atom is -0.487 e. The van der Waals surface area contributed by atoms with Crippen molar-refractivity contribution in [3.63, 3.8) is 0 Å². The molecule has 3 aromatic heterocycles. The maximum atomic E-state index is 15.4. The highest BCUT2D eigenvalue weighted by atomic mass is 19.1. The fourth-order valence-corrected chi connectivity index (χ4v) is 4.96. The van der Waals surface area contributed by atoms with Crippen molar-refractivity contribution in [1.29, 1.82) is 0 Å². The monoisotopic (exact) mass is 516 g/mol. The molecule has 0 unspecified atom stereocenters. The Hall–Kier alpha value is -4.47. The average Bonchev–Trinajstić information content (AvgIpc) is 3.63. The van der Waals surface area contributed by atoms with Crippen molar-refractivity contribution in [3.05, 3.63) is 78.4 Å². The number of nitrogens with zero attached hydrogens (tertiary/aromatic N) is 5. The predicted molar refractivity (Wildman–Crippen MR) is 139 cm³/mol. The van der Waals surface area contributed by atoms with Crippen molar-refractivity contribution in [2.24, 2.45) is 7.05 Å². The van der Waals surface area contributed by atoms with E-state index in [1.807, 2.05) is 34.6 Å². The first-order chi connectivity index (χ1) is 18.5. The number of nitrogen functional groups attached to an aromatic ring is 1. The first-order valence-electron chi connectivity index (χ1n) is 12.5. The summed E-state index contributed by atoms with van der Waals surface area (Å²) in [5, 5.41) is 5.26. The van der Waals surface area contributed by atoms with E-state index in [-0.39, 0.29) is 35.5 Å². The van der Waals surface area contributed by atoms with Crippen LogP contribution in [0.25, 0.3) is 22.3 Å². The summed E-state index contributed by atoms with van der Waals surface area (Å²) in [6.07, 6.45) is 7.50. The highest BCUT2D eigenvalue weighted by molar-refractivity contribution is 5.98. The van der Waals surface area contributed by atoms with Crippen LogP contribution >= 0.6 is 0 Å². The van der Waals surface area contributed by atoms with E-state index in [2.05, 4.69) is 9.97 Å². The van der Waals surface area contributed by atoms with E-state index in [9.17, 15) is 4.39 Å². The molecule has 1 aliphatic carbocycles. The van der Waals surface area contributed by atoms with Gasteiger partial charge in [-0.2, -0.15) is 5.10 Å². The first kappa shape index (κ1) is 23.9. The number of halogens is 2. The van der Waals surface area contributed by atoms with Gasteiger partial charge < -0.3 is 19.8 Å². The van der Waals surface area contributed by atoms with Crippen molar-refractivity contribution in [2.45, 2.75) is 38.3 Å². The van der Waals surface area contributed by atoms with Gasteiger partial charge in [0.05, 0.1) is 17.1 Å². The van der Waals surface area contributed by atoms with Gasteiger partial charge >= 0.3 is 0 Å². The number of ether oxygens (including phenoxy) is 2. The molecular formula is C28H26F2N6O2. The summed E-state index contributed by atoms with van der Waals surface area (Å²) in [5.41, 5.74) is 8.35. The van der Waals surface area contributed by atoms with E-state index >= 15 is 4.39 Å². The Balaban J connectivity index is 1.28. The van der Waals surface area contributed by atoms with Gasteiger partial charge in [0, 0.05) is 43.1 Å². The number of fused-ring (bicyclic) bond motifs is 1. The quantitative estimate of drug-likeness (QED) is 0.278. The summed E-state index contributed by atoms with van der Waals surface area (Å²) < 4.78 is 45.0. The fourth-order valence-electron chi connectivity index (χ4n) is 4.96. The third-order valence-electron chi connectivity index (χ3n) is 6.90. The molecule has 6 rings (SSSR count). The van der Waals surface area contributed by atoms with Crippen molar-refractivity contribution >= 4 is 16.9 Å². The molecule has 3 heterocycles. The molecule has 0 bridgehead atoms. The number of hydrogen-bond donors (Lipinski definition) is 1. The molecule has 0 atom stereocenters. The molecule has 2 aromatic carbocycles. The lowest BCUT2D eigenvalue weighted by molar-refractivity contribution is 0.294. The van der Waals surface area contributed by atoms with Crippen molar-refractivity contribution in [2.75, 3.05) is 5.73 Å². The molecule has 1 saturated carbocycles. The largest absolute Gasteiger partial charge is 0.487 e. The van der Waals surface area contributed by atoms with Crippen LogP contribution in [0.1, 0.15) is 37.4 Å². The number of anilines is 1. The third-order valence-corrected chi connectivity index (χ3v) is 6.90. The zero-order chi connectivity index (χ0) is 26.2.